The van der Waals surface area contributed by atoms with Crippen molar-refractivity contribution >= 4 is 11.9 Å². The SMILES string of the molecule is O=C(OCC1CCCO1)c1ccc(OC(=O)c2ccc(OCCOc3ccccc3)cc2)cc1. The minimum atomic E-state index is -0.507. The summed E-state index contributed by atoms with van der Waals surface area (Å²) < 4.78 is 27.3. The molecule has 4 rings (SSSR count). The highest BCUT2D eigenvalue weighted by Gasteiger charge is 2.18. The van der Waals surface area contributed by atoms with Crippen LogP contribution in [0.1, 0.15) is 33.6 Å². The molecule has 1 heterocycles. The average Bonchev–Trinajstić information content (AvgIpc) is 3.40. The topological polar surface area (TPSA) is 80.3 Å². The zero-order chi connectivity index (χ0) is 23.6. The van der Waals surface area contributed by atoms with Gasteiger partial charge in [0, 0.05) is 6.61 Å². The molecule has 1 aliphatic heterocycles. The van der Waals surface area contributed by atoms with E-state index in [1.54, 1.807) is 48.5 Å². The fourth-order valence-electron chi connectivity index (χ4n) is 3.38. The van der Waals surface area contributed by atoms with Crippen LogP contribution in [0.25, 0.3) is 0 Å². The van der Waals surface area contributed by atoms with Crippen LogP contribution in [0.3, 0.4) is 0 Å². The van der Waals surface area contributed by atoms with Crippen molar-refractivity contribution in [3.05, 3.63) is 90.0 Å². The van der Waals surface area contributed by atoms with Crippen molar-refractivity contribution in [3.63, 3.8) is 0 Å². The molecule has 1 unspecified atom stereocenters. The number of para-hydroxylation sites is 1. The van der Waals surface area contributed by atoms with Crippen LogP contribution in [-0.4, -0.2) is 44.5 Å². The lowest BCUT2D eigenvalue weighted by atomic mass is 10.2. The zero-order valence-corrected chi connectivity index (χ0v) is 18.7. The molecule has 1 saturated heterocycles. The smallest absolute Gasteiger partial charge is 0.343 e. The standard InChI is InChI=1S/C27H26O7/c28-26(33-19-25-7-4-16-30-25)20-10-14-24(15-11-20)34-27(29)21-8-12-23(13-9-21)32-18-17-31-22-5-2-1-3-6-22/h1-3,5-6,8-15,25H,4,7,16-19H2. The molecule has 0 aliphatic carbocycles. The van der Waals surface area contributed by atoms with Crippen LogP contribution < -0.4 is 14.2 Å². The first-order valence-electron chi connectivity index (χ1n) is 11.2. The maximum absolute atomic E-state index is 12.4. The van der Waals surface area contributed by atoms with Crippen molar-refractivity contribution in [1.29, 1.82) is 0 Å². The van der Waals surface area contributed by atoms with Crippen LogP contribution in [0.2, 0.25) is 0 Å². The third kappa shape index (κ3) is 6.83. The number of carbonyl (C=O) groups excluding carboxylic acids is 2. The molecule has 7 heteroatoms. The zero-order valence-electron chi connectivity index (χ0n) is 18.7. The van der Waals surface area contributed by atoms with E-state index in [2.05, 4.69) is 0 Å². The van der Waals surface area contributed by atoms with Gasteiger partial charge in [-0.2, -0.15) is 0 Å². The second-order valence-electron chi connectivity index (χ2n) is 7.68. The Balaban J connectivity index is 1.21. The summed E-state index contributed by atoms with van der Waals surface area (Å²) in [6, 6.07) is 22.4. The van der Waals surface area contributed by atoms with E-state index in [9.17, 15) is 9.59 Å². The van der Waals surface area contributed by atoms with Crippen molar-refractivity contribution in [2.45, 2.75) is 18.9 Å². The summed E-state index contributed by atoms with van der Waals surface area (Å²) in [5.74, 6) is 0.803. The number of ether oxygens (including phenoxy) is 5. The normalized spacial score (nSPS) is 14.9. The molecular formula is C27H26O7. The summed E-state index contributed by atoms with van der Waals surface area (Å²) in [5, 5.41) is 0. The molecule has 0 spiro atoms. The largest absolute Gasteiger partial charge is 0.490 e. The molecule has 0 bridgehead atoms. The van der Waals surface area contributed by atoms with Crippen LogP contribution in [0.5, 0.6) is 17.2 Å². The number of hydrogen-bond donors (Lipinski definition) is 0. The van der Waals surface area contributed by atoms with E-state index in [1.807, 2.05) is 30.3 Å². The Bertz CT molecular complexity index is 1060. The first-order chi connectivity index (χ1) is 16.7. The van der Waals surface area contributed by atoms with Gasteiger partial charge in [0.25, 0.3) is 0 Å². The Morgan fingerprint density at radius 1 is 0.735 bits per heavy atom. The van der Waals surface area contributed by atoms with E-state index in [0.717, 1.165) is 18.6 Å². The van der Waals surface area contributed by atoms with Gasteiger partial charge < -0.3 is 23.7 Å². The fourth-order valence-corrected chi connectivity index (χ4v) is 3.38. The second-order valence-corrected chi connectivity index (χ2v) is 7.68. The van der Waals surface area contributed by atoms with Crippen molar-refractivity contribution in [1.82, 2.24) is 0 Å². The molecule has 3 aromatic rings. The summed E-state index contributed by atoms with van der Waals surface area (Å²) in [7, 11) is 0. The second kappa shape index (κ2) is 11.9. The Morgan fingerprint density at radius 3 is 1.94 bits per heavy atom. The van der Waals surface area contributed by atoms with Gasteiger partial charge in [0.1, 0.15) is 37.1 Å². The summed E-state index contributed by atoms with van der Waals surface area (Å²) in [5.41, 5.74) is 0.767. The van der Waals surface area contributed by atoms with Crippen molar-refractivity contribution in [3.8, 4) is 17.2 Å². The highest BCUT2D eigenvalue weighted by atomic mass is 16.6. The van der Waals surface area contributed by atoms with E-state index in [-0.39, 0.29) is 12.7 Å². The molecule has 1 atom stereocenters. The number of benzene rings is 3. The molecule has 1 aliphatic rings. The summed E-state index contributed by atoms with van der Waals surface area (Å²) in [6.45, 7) is 1.74. The average molecular weight is 462 g/mol. The van der Waals surface area contributed by atoms with Gasteiger partial charge in [-0.3, -0.25) is 0 Å². The van der Waals surface area contributed by atoms with Crippen molar-refractivity contribution < 1.29 is 33.3 Å². The molecule has 0 aromatic heterocycles. The maximum atomic E-state index is 12.4. The first kappa shape index (κ1) is 23.3. The van der Waals surface area contributed by atoms with Crippen molar-refractivity contribution in [2.75, 3.05) is 26.4 Å². The summed E-state index contributed by atoms with van der Waals surface area (Å²) in [6.07, 6.45) is 1.86. The Hall–Kier alpha value is -3.84. The molecule has 1 fully saturated rings. The monoisotopic (exact) mass is 462 g/mol. The van der Waals surface area contributed by atoms with Gasteiger partial charge in [-0.1, -0.05) is 18.2 Å². The predicted molar refractivity (Wildman–Crippen MR) is 125 cm³/mol. The van der Waals surface area contributed by atoms with Crippen LogP contribution in [0.15, 0.2) is 78.9 Å². The molecule has 176 valence electrons. The number of rotatable bonds is 10. The molecule has 0 radical (unpaired) electrons. The van der Waals surface area contributed by atoms with Gasteiger partial charge in [-0.25, -0.2) is 9.59 Å². The van der Waals surface area contributed by atoms with E-state index in [4.69, 9.17) is 23.7 Å². The lowest BCUT2D eigenvalue weighted by Crippen LogP contribution is -2.17. The van der Waals surface area contributed by atoms with Gasteiger partial charge in [0.05, 0.1) is 17.2 Å². The minimum absolute atomic E-state index is 0.0245. The Labute approximate surface area is 198 Å². The van der Waals surface area contributed by atoms with Crippen LogP contribution in [-0.2, 0) is 9.47 Å². The first-order valence-corrected chi connectivity index (χ1v) is 11.2. The van der Waals surface area contributed by atoms with Crippen molar-refractivity contribution in [2.24, 2.45) is 0 Å². The van der Waals surface area contributed by atoms with E-state index in [0.29, 0.717) is 42.4 Å². The molecule has 0 saturated carbocycles. The van der Waals surface area contributed by atoms with Gasteiger partial charge >= 0.3 is 11.9 Å². The number of hydrogen-bond acceptors (Lipinski definition) is 7. The fraction of sp³-hybridized carbons (Fsp3) is 0.259. The summed E-state index contributed by atoms with van der Waals surface area (Å²) in [4.78, 5) is 24.6. The molecule has 34 heavy (non-hydrogen) atoms. The third-order valence-electron chi connectivity index (χ3n) is 5.18. The number of esters is 2. The van der Waals surface area contributed by atoms with Gasteiger partial charge in [0.2, 0.25) is 0 Å². The van der Waals surface area contributed by atoms with Crippen LogP contribution >= 0.6 is 0 Å². The highest BCUT2D eigenvalue weighted by molar-refractivity contribution is 5.92. The van der Waals surface area contributed by atoms with Crippen LogP contribution in [0.4, 0.5) is 0 Å². The van der Waals surface area contributed by atoms with Gasteiger partial charge in [-0.05, 0) is 73.5 Å². The summed E-state index contributed by atoms with van der Waals surface area (Å²) >= 11 is 0. The Morgan fingerprint density at radius 2 is 1.32 bits per heavy atom. The molecule has 0 N–H and O–H groups in total. The third-order valence-corrected chi connectivity index (χ3v) is 5.18. The maximum Gasteiger partial charge on any atom is 0.343 e. The Kier molecular flexibility index (Phi) is 8.13. The quantitative estimate of drug-likeness (QED) is 0.245. The van der Waals surface area contributed by atoms with Crippen LogP contribution in [0, 0.1) is 0 Å². The molecular weight excluding hydrogens is 436 g/mol. The lowest BCUT2D eigenvalue weighted by Gasteiger charge is -2.10. The van der Waals surface area contributed by atoms with E-state index < -0.39 is 11.9 Å². The van der Waals surface area contributed by atoms with E-state index in [1.165, 1.54) is 0 Å². The highest BCUT2D eigenvalue weighted by Crippen LogP contribution is 2.18. The minimum Gasteiger partial charge on any atom is -0.490 e. The lowest BCUT2D eigenvalue weighted by molar-refractivity contribution is 0.0161. The predicted octanol–water partition coefficient (Wildman–Crippen LogP) is 4.70. The van der Waals surface area contributed by atoms with Gasteiger partial charge in [-0.15, -0.1) is 0 Å². The van der Waals surface area contributed by atoms with E-state index >= 15 is 0 Å². The number of carbonyl (C=O) groups is 2. The van der Waals surface area contributed by atoms with Gasteiger partial charge in [0.15, 0.2) is 0 Å². The molecule has 7 nitrogen and oxygen atoms in total. The molecule has 3 aromatic carbocycles. The molecule has 0 amide bonds.